The Morgan fingerprint density at radius 1 is 1.39 bits per heavy atom. The molecule has 0 heterocycles. The monoisotopic (exact) mass is 247 g/mol. The Bertz CT molecular complexity index is 484. The lowest BCUT2D eigenvalue weighted by Crippen LogP contribution is -2.29. The van der Waals surface area contributed by atoms with Crippen LogP contribution in [0, 0.1) is 18.8 Å². The second-order valence-corrected chi connectivity index (χ2v) is 4.93. The van der Waals surface area contributed by atoms with E-state index in [1.54, 1.807) is 0 Å². The van der Waals surface area contributed by atoms with Gasteiger partial charge < -0.3 is 10.4 Å². The molecule has 0 aliphatic heterocycles. The van der Waals surface area contributed by atoms with Crippen molar-refractivity contribution in [3.63, 3.8) is 0 Å². The van der Waals surface area contributed by atoms with Crippen LogP contribution in [-0.4, -0.2) is 17.0 Å². The van der Waals surface area contributed by atoms with Crippen molar-refractivity contribution in [3.8, 4) is 0 Å². The van der Waals surface area contributed by atoms with E-state index in [2.05, 4.69) is 5.32 Å². The molecule has 0 radical (unpaired) electrons. The maximum Gasteiger partial charge on any atom is 0.307 e. The maximum atomic E-state index is 11.8. The highest BCUT2D eigenvalue weighted by Crippen LogP contribution is 2.39. The number of carboxylic acids is 1. The molecule has 1 aliphatic carbocycles. The minimum absolute atomic E-state index is 0.0903. The summed E-state index contributed by atoms with van der Waals surface area (Å²) in [6.07, 6.45) is 0.460. The predicted molar refractivity (Wildman–Crippen MR) is 67.0 cm³/mol. The van der Waals surface area contributed by atoms with E-state index < -0.39 is 11.9 Å². The summed E-state index contributed by atoms with van der Waals surface area (Å²) in [5.41, 5.74) is 2.18. The van der Waals surface area contributed by atoms with Crippen LogP contribution in [-0.2, 0) is 9.59 Å². The van der Waals surface area contributed by atoms with E-state index in [1.807, 2.05) is 38.1 Å². The highest BCUT2D eigenvalue weighted by Gasteiger charge is 2.48. The topological polar surface area (TPSA) is 66.4 Å². The second kappa shape index (κ2) is 4.80. The Morgan fingerprint density at radius 2 is 2.11 bits per heavy atom. The smallest absolute Gasteiger partial charge is 0.307 e. The van der Waals surface area contributed by atoms with E-state index in [0.717, 1.165) is 11.1 Å². The van der Waals surface area contributed by atoms with Crippen molar-refractivity contribution in [2.45, 2.75) is 26.3 Å². The molecule has 4 heteroatoms. The number of nitrogens with one attached hydrogen (secondary N) is 1. The third-order valence-electron chi connectivity index (χ3n) is 3.35. The van der Waals surface area contributed by atoms with Crippen LogP contribution >= 0.6 is 0 Å². The highest BCUT2D eigenvalue weighted by atomic mass is 16.4. The van der Waals surface area contributed by atoms with Gasteiger partial charge in [-0.3, -0.25) is 9.59 Å². The first kappa shape index (κ1) is 12.6. The minimum atomic E-state index is -0.877. The molecule has 4 nitrogen and oxygen atoms in total. The Hall–Kier alpha value is -1.84. The van der Waals surface area contributed by atoms with Crippen molar-refractivity contribution in [2.24, 2.45) is 11.8 Å². The summed E-state index contributed by atoms with van der Waals surface area (Å²) in [6, 6.07) is 7.84. The molecule has 0 saturated heterocycles. The zero-order valence-electron chi connectivity index (χ0n) is 10.5. The zero-order chi connectivity index (χ0) is 13.3. The van der Waals surface area contributed by atoms with E-state index >= 15 is 0 Å². The first-order valence-corrected chi connectivity index (χ1v) is 6.09. The van der Waals surface area contributed by atoms with Crippen molar-refractivity contribution in [1.29, 1.82) is 0 Å². The van der Waals surface area contributed by atoms with Crippen LogP contribution in [0.2, 0.25) is 0 Å². The van der Waals surface area contributed by atoms with Crippen molar-refractivity contribution in [3.05, 3.63) is 35.4 Å². The van der Waals surface area contributed by atoms with Crippen LogP contribution in [0.4, 0.5) is 0 Å². The van der Waals surface area contributed by atoms with Gasteiger partial charge in [0.15, 0.2) is 0 Å². The number of aliphatic carboxylic acids is 1. The molecule has 1 aromatic carbocycles. The van der Waals surface area contributed by atoms with Crippen LogP contribution in [0.15, 0.2) is 24.3 Å². The van der Waals surface area contributed by atoms with Crippen LogP contribution < -0.4 is 5.32 Å². The largest absolute Gasteiger partial charge is 0.481 e. The van der Waals surface area contributed by atoms with Crippen LogP contribution in [0.5, 0.6) is 0 Å². The standard InChI is InChI=1S/C14H17NO3/c1-8-4-3-5-10(6-8)9(2)15-13(16)11-7-12(11)14(17)18/h3-6,9,11-12H,7H2,1-2H3,(H,15,16)(H,17,18)/t9-,11?,12?/m1/s1. The van der Waals surface area contributed by atoms with Gasteiger partial charge in [-0.15, -0.1) is 0 Å². The molecule has 2 N–H and O–H groups in total. The van der Waals surface area contributed by atoms with E-state index in [-0.39, 0.29) is 17.9 Å². The minimum Gasteiger partial charge on any atom is -0.481 e. The van der Waals surface area contributed by atoms with Gasteiger partial charge in [-0.1, -0.05) is 29.8 Å². The predicted octanol–water partition coefficient (Wildman–Crippen LogP) is 1.89. The Balaban J connectivity index is 1.94. The summed E-state index contributed by atoms with van der Waals surface area (Å²) in [5, 5.41) is 11.6. The van der Waals surface area contributed by atoms with Crippen LogP contribution in [0.3, 0.4) is 0 Å². The average molecular weight is 247 g/mol. The number of carbonyl (C=O) groups is 2. The normalized spacial score (nSPS) is 23.2. The third-order valence-corrected chi connectivity index (χ3v) is 3.35. The summed E-state index contributed by atoms with van der Waals surface area (Å²) < 4.78 is 0. The van der Waals surface area contributed by atoms with Crippen LogP contribution in [0.25, 0.3) is 0 Å². The van der Waals surface area contributed by atoms with Gasteiger partial charge >= 0.3 is 5.97 Å². The lowest BCUT2D eigenvalue weighted by Gasteiger charge is -2.14. The second-order valence-electron chi connectivity index (χ2n) is 4.93. The van der Waals surface area contributed by atoms with Gasteiger partial charge in [0.05, 0.1) is 17.9 Å². The molecular formula is C14H17NO3. The van der Waals surface area contributed by atoms with Gasteiger partial charge in [0, 0.05) is 0 Å². The van der Waals surface area contributed by atoms with E-state index in [4.69, 9.17) is 5.11 Å². The fraction of sp³-hybridized carbons (Fsp3) is 0.429. The molecule has 1 aliphatic rings. The average Bonchev–Trinajstić information content (AvgIpc) is 3.08. The van der Waals surface area contributed by atoms with E-state index in [9.17, 15) is 9.59 Å². The first-order valence-electron chi connectivity index (χ1n) is 6.09. The quantitative estimate of drug-likeness (QED) is 0.853. The zero-order valence-corrected chi connectivity index (χ0v) is 10.5. The summed E-state index contributed by atoms with van der Waals surface area (Å²) in [6.45, 7) is 3.91. The molecule has 0 bridgehead atoms. The van der Waals surface area contributed by atoms with Crippen molar-refractivity contribution in [2.75, 3.05) is 0 Å². The molecule has 96 valence electrons. The van der Waals surface area contributed by atoms with Gasteiger partial charge in [-0.05, 0) is 25.8 Å². The Morgan fingerprint density at radius 3 is 2.67 bits per heavy atom. The van der Waals surface area contributed by atoms with E-state index in [1.165, 1.54) is 0 Å². The molecule has 2 rings (SSSR count). The van der Waals surface area contributed by atoms with Gasteiger partial charge in [0.25, 0.3) is 0 Å². The lowest BCUT2D eigenvalue weighted by atomic mass is 10.1. The Labute approximate surface area is 106 Å². The van der Waals surface area contributed by atoms with Gasteiger partial charge in [0.2, 0.25) is 5.91 Å². The molecule has 1 saturated carbocycles. The number of hydrogen-bond donors (Lipinski definition) is 2. The maximum absolute atomic E-state index is 11.8. The van der Waals surface area contributed by atoms with Gasteiger partial charge in [-0.2, -0.15) is 0 Å². The molecule has 1 fully saturated rings. The fourth-order valence-corrected chi connectivity index (χ4v) is 2.10. The van der Waals surface area contributed by atoms with Gasteiger partial charge in [0.1, 0.15) is 0 Å². The molecule has 3 atom stereocenters. The Kier molecular flexibility index (Phi) is 3.36. The SMILES string of the molecule is Cc1cccc([C@@H](C)NC(=O)C2CC2C(=O)O)c1. The number of benzene rings is 1. The molecule has 18 heavy (non-hydrogen) atoms. The summed E-state index contributed by atoms with van der Waals surface area (Å²) >= 11 is 0. The molecule has 1 amide bonds. The van der Waals surface area contributed by atoms with Crippen LogP contribution in [0.1, 0.15) is 30.5 Å². The number of amides is 1. The summed E-state index contributed by atoms with van der Waals surface area (Å²) in [5.74, 6) is -1.88. The summed E-state index contributed by atoms with van der Waals surface area (Å²) in [4.78, 5) is 22.5. The fourth-order valence-electron chi connectivity index (χ4n) is 2.10. The third kappa shape index (κ3) is 2.70. The summed E-state index contributed by atoms with van der Waals surface area (Å²) in [7, 11) is 0. The number of carboxylic acid groups (broad SMARTS) is 1. The molecule has 2 unspecified atom stereocenters. The molecule has 0 spiro atoms. The molecule has 0 aromatic heterocycles. The first-order chi connectivity index (χ1) is 8.49. The number of aryl methyl sites for hydroxylation is 1. The lowest BCUT2D eigenvalue weighted by molar-refractivity contribution is -0.140. The molecular weight excluding hydrogens is 230 g/mol. The van der Waals surface area contributed by atoms with E-state index in [0.29, 0.717) is 6.42 Å². The van der Waals surface area contributed by atoms with Gasteiger partial charge in [-0.25, -0.2) is 0 Å². The molecule has 1 aromatic rings. The van der Waals surface area contributed by atoms with Crippen molar-refractivity contribution < 1.29 is 14.7 Å². The van der Waals surface area contributed by atoms with Crippen molar-refractivity contribution in [1.82, 2.24) is 5.32 Å². The number of hydrogen-bond acceptors (Lipinski definition) is 2. The van der Waals surface area contributed by atoms with Crippen molar-refractivity contribution >= 4 is 11.9 Å². The highest BCUT2D eigenvalue weighted by molar-refractivity contribution is 5.89. The number of rotatable bonds is 4. The number of carbonyl (C=O) groups excluding carboxylic acids is 1.